The molecule has 0 spiro atoms. The van der Waals surface area contributed by atoms with Crippen LogP contribution in [0.5, 0.6) is 0 Å². The fourth-order valence-electron chi connectivity index (χ4n) is 0.872. The molecule has 0 saturated heterocycles. The molecule has 1 atom stereocenters. The molecular formula is C13H23NO5. The van der Waals surface area contributed by atoms with E-state index in [1.54, 1.807) is 6.92 Å². The van der Waals surface area contributed by atoms with E-state index in [1.807, 2.05) is 6.92 Å². The van der Waals surface area contributed by atoms with Crippen molar-refractivity contribution < 1.29 is 24.5 Å². The Morgan fingerprint density at radius 2 is 1.79 bits per heavy atom. The average Bonchev–Trinajstić information content (AvgIpc) is 2.35. The van der Waals surface area contributed by atoms with Gasteiger partial charge >= 0.3 is 5.97 Å². The summed E-state index contributed by atoms with van der Waals surface area (Å²) in [7, 11) is 0. The second-order valence-corrected chi connectivity index (χ2v) is 3.94. The second-order valence-electron chi connectivity index (χ2n) is 3.94. The summed E-state index contributed by atoms with van der Waals surface area (Å²) in [5.74, 6) is -0.951. The van der Waals surface area contributed by atoms with E-state index in [-0.39, 0.29) is 25.7 Å². The number of nitrogens with two attached hydrogens (primary N) is 1. The zero-order valence-electron chi connectivity index (χ0n) is 11.5. The van der Waals surface area contributed by atoms with Gasteiger partial charge in [-0.05, 0) is 19.3 Å². The van der Waals surface area contributed by atoms with Gasteiger partial charge in [0.2, 0.25) is 5.91 Å². The van der Waals surface area contributed by atoms with Gasteiger partial charge in [0.1, 0.15) is 6.61 Å². The van der Waals surface area contributed by atoms with E-state index in [1.165, 1.54) is 0 Å². The minimum Gasteiger partial charge on any atom is -0.460 e. The molecule has 0 aromatic rings. The molecule has 6 heteroatoms. The number of aliphatic hydroxyl groups excluding tert-OH is 2. The molecule has 0 heterocycles. The maximum Gasteiger partial charge on any atom is 0.333 e. The van der Waals surface area contributed by atoms with Crippen LogP contribution < -0.4 is 5.73 Å². The number of hydrogen-bond acceptors (Lipinski definition) is 5. The Balaban J connectivity index is 0. The maximum absolute atomic E-state index is 10.5. The average molecular weight is 273 g/mol. The van der Waals surface area contributed by atoms with Gasteiger partial charge in [0, 0.05) is 17.8 Å². The van der Waals surface area contributed by atoms with Gasteiger partial charge in [-0.25, -0.2) is 4.79 Å². The van der Waals surface area contributed by atoms with E-state index in [2.05, 4.69) is 17.9 Å². The first-order chi connectivity index (χ1) is 8.77. The van der Waals surface area contributed by atoms with Crippen molar-refractivity contribution in [3.63, 3.8) is 0 Å². The van der Waals surface area contributed by atoms with Crippen LogP contribution in [0.2, 0.25) is 0 Å². The molecule has 0 aliphatic carbocycles. The lowest BCUT2D eigenvalue weighted by molar-refractivity contribution is -0.139. The van der Waals surface area contributed by atoms with Crippen LogP contribution in [0.15, 0.2) is 24.3 Å². The maximum atomic E-state index is 10.5. The van der Waals surface area contributed by atoms with Crippen LogP contribution in [-0.2, 0) is 14.3 Å². The first-order valence-electron chi connectivity index (χ1n) is 5.80. The van der Waals surface area contributed by atoms with Gasteiger partial charge in [-0.2, -0.15) is 0 Å². The molecule has 0 aliphatic rings. The number of esters is 1. The van der Waals surface area contributed by atoms with Crippen molar-refractivity contribution in [3.8, 4) is 0 Å². The first kappa shape index (κ1) is 19.7. The van der Waals surface area contributed by atoms with Gasteiger partial charge in [-0.3, -0.25) is 4.79 Å². The molecule has 1 unspecified atom stereocenters. The van der Waals surface area contributed by atoms with Crippen LogP contribution in [0.25, 0.3) is 0 Å². The zero-order chi connectivity index (χ0) is 15.4. The Bertz CT molecular complexity index is 325. The van der Waals surface area contributed by atoms with Gasteiger partial charge in [-0.1, -0.05) is 20.1 Å². The Labute approximate surface area is 113 Å². The minimum absolute atomic E-state index is 0.0116. The third kappa shape index (κ3) is 11.2. The molecule has 6 nitrogen and oxygen atoms in total. The molecule has 0 radical (unpaired) electrons. The predicted octanol–water partition coefficient (Wildman–Crippen LogP) is 0.144. The minimum atomic E-state index is -0.485. The molecule has 0 bridgehead atoms. The molecule has 0 aromatic heterocycles. The van der Waals surface area contributed by atoms with Crippen molar-refractivity contribution in [2.24, 2.45) is 11.7 Å². The molecule has 4 N–H and O–H groups in total. The van der Waals surface area contributed by atoms with Crippen molar-refractivity contribution >= 4 is 11.9 Å². The van der Waals surface area contributed by atoms with E-state index in [0.717, 1.165) is 0 Å². The molecule has 0 aromatic carbocycles. The van der Waals surface area contributed by atoms with E-state index in [4.69, 9.17) is 15.9 Å². The summed E-state index contributed by atoms with van der Waals surface area (Å²) in [5.41, 5.74) is 5.68. The number of amides is 1. The molecule has 110 valence electrons. The molecule has 1 amide bonds. The third-order valence-electron chi connectivity index (χ3n) is 2.15. The van der Waals surface area contributed by atoms with Crippen LogP contribution in [0.1, 0.15) is 20.3 Å². The predicted molar refractivity (Wildman–Crippen MR) is 72.1 cm³/mol. The lowest BCUT2D eigenvalue weighted by atomic mass is 9.99. The number of hydrogen-bond donors (Lipinski definition) is 3. The number of rotatable bonds is 7. The van der Waals surface area contributed by atoms with E-state index < -0.39 is 11.9 Å². The van der Waals surface area contributed by atoms with Gasteiger partial charge in [0.25, 0.3) is 0 Å². The number of primary amides is 1. The quantitative estimate of drug-likeness (QED) is 0.451. The summed E-state index contributed by atoms with van der Waals surface area (Å²) in [6, 6.07) is 0. The highest BCUT2D eigenvalue weighted by molar-refractivity contribution is 5.91. The molecule has 0 saturated carbocycles. The van der Waals surface area contributed by atoms with Crippen LogP contribution in [0.4, 0.5) is 0 Å². The highest BCUT2D eigenvalue weighted by Crippen LogP contribution is 2.10. The smallest absolute Gasteiger partial charge is 0.333 e. The Morgan fingerprint density at radius 1 is 1.26 bits per heavy atom. The largest absolute Gasteiger partial charge is 0.460 e. The van der Waals surface area contributed by atoms with E-state index in [0.29, 0.717) is 17.6 Å². The molecule has 19 heavy (non-hydrogen) atoms. The number of carbonyl (C=O) groups excluding carboxylic acids is 2. The summed E-state index contributed by atoms with van der Waals surface area (Å²) in [6.07, 6.45) is 0.543. The van der Waals surface area contributed by atoms with Crippen molar-refractivity contribution in [1.29, 1.82) is 0 Å². The Morgan fingerprint density at radius 3 is 2.11 bits per heavy atom. The summed E-state index contributed by atoms with van der Waals surface area (Å²) in [6.45, 7) is 10.2. The van der Waals surface area contributed by atoms with Crippen LogP contribution in [0.3, 0.4) is 0 Å². The van der Waals surface area contributed by atoms with Crippen LogP contribution >= 0.6 is 0 Å². The number of carbonyl (C=O) groups is 2. The van der Waals surface area contributed by atoms with Crippen molar-refractivity contribution in [1.82, 2.24) is 0 Å². The van der Waals surface area contributed by atoms with Gasteiger partial charge in [0.15, 0.2) is 0 Å². The Kier molecular flexibility index (Phi) is 11.8. The highest BCUT2D eigenvalue weighted by atomic mass is 16.5. The lowest BCUT2D eigenvalue weighted by Gasteiger charge is -2.08. The first-order valence-corrected chi connectivity index (χ1v) is 5.80. The van der Waals surface area contributed by atoms with Gasteiger partial charge < -0.3 is 20.7 Å². The van der Waals surface area contributed by atoms with E-state index >= 15 is 0 Å². The number of aliphatic hydroxyl groups is 2. The molecule has 0 rings (SSSR count). The SMILES string of the molecule is C=C(C(N)=O)C(C)CCO.C=C(C)C(=O)OCCO. The molecular weight excluding hydrogens is 250 g/mol. The second kappa shape index (κ2) is 11.4. The topological polar surface area (TPSA) is 110 Å². The van der Waals surface area contributed by atoms with Gasteiger partial charge in [0.05, 0.1) is 6.61 Å². The van der Waals surface area contributed by atoms with Gasteiger partial charge in [-0.15, -0.1) is 0 Å². The van der Waals surface area contributed by atoms with E-state index in [9.17, 15) is 9.59 Å². The summed E-state index contributed by atoms with van der Waals surface area (Å²) in [5, 5.41) is 16.7. The normalized spacial score (nSPS) is 10.7. The highest BCUT2D eigenvalue weighted by Gasteiger charge is 2.09. The third-order valence-corrected chi connectivity index (χ3v) is 2.15. The zero-order valence-corrected chi connectivity index (χ0v) is 11.5. The fourth-order valence-corrected chi connectivity index (χ4v) is 0.872. The summed E-state index contributed by atoms with van der Waals surface area (Å²) in [4.78, 5) is 20.9. The van der Waals surface area contributed by atoms with Crippen LogP contribution in [0, 0.1) is 5.92 Å². The van der Waals surface area contributed by atoms with Crippen molar-refractivity contribution in [2.45, 2.75) is 20.3 Å². The molecule has 0 aliphatic heterocycles. The Hall–Kier alpha value is -1.66. The summed E-state index contributed by atoms with van der Waals surface area (Å²) < 4.78 is 4.46. The summed E-state index contributed by atoms with van der Waals surface area (Å²) >= 11 is 0. The van der Waals surface area contributed by atoms with Crippen molar-refractivity contribution in [3.05, 3.63) is 24.3 Å². The monoisotopic (exact) mass is 273 g/mol. The van der Waals surface area contributed by atoms with Crippen LogP contribution in [-0.4, -0.2) is 41.9 Å². The standard InChI is InChI=1S/C7H13NO2.C6H10O3/c1-5(3-4-9)6(2)7(8)10;1-5(2)6(8)9-4-3-7/h5,9H,2-4H2,1H3,(H2,8,10);7H,1,3-4H2,2H3. The fraction of sp³-hybridized carbons (Fsp3) is 0.538. The number of ether oxygens (including phenoxy) is 1. The van der Waals surface area contributed by atoms with Crippen molar-refractivity contribution in [2.75, 3.05) is 19.8 Å². The lowest BCUT2D eigenvalue weighted by Crippen LogP contribution is -2.18. The molecule has 0 fully saturated rings.